The van der Waals surface area contributed by atoms with E-state index < -0.39 is 0 Å². The van der Waals surface area contributed by atoms with Crippen molar-refractivity contribution in [2.24, 2.45) is 0 Å². The van der Waals surface area contributed by atoms with Crippen LogP contribution in [0.4, 0.5) is 0 Å². The van der Waals surface area contributed by atoms with Crippen molar-refractivity contribution in [1.82, 2.24) is 15.5 Å². The summed E-state index contributed by atoms with van der Waals surface area (Å²) in [5, 5.41) is 6.95. The van der Waals surface area contributed by atoms with Gasteiger partial charge in [0.25, 0.3) is 0 Å². The molecule has 0 unspecified atom stereocenters. The fourth-order valence-corrected chi connectivity index (χ4v) is 2.70. The molecule has 1 heterocycles. The molecule has 0 saturated carbocycles. The van der Waals surface area contributed by atoms with Crippen molar-refractivity contribution >= 4 is 0 Å². The fourth-order valence-electron chi connectivity index (χ4n) is 2.70. The molecule has 1 aromatic rings. The third kappa shape index (κ3) is 3.55. The first-order valence-corrected chi connectivity index (χ1v) is 6.87. The number of nitrogens with zero attached hydrogens (tertiary/aromatic N) is 1. The molecule has 1 saturated heterocycles. The van der Waals surface area contributed by atoms with Gasteiger partial charge in [0.05, 0.1) is 0 Å². The number of piperazine rings is 1. The summed E-state index contributed by atoms with van der Waals surface area (Å²) in [6.45, 7) is 13.1. The van der Waals surface area contributed by atoms with Crippen LogP contribution in [-0.4, -0.2) is 37.7 Å². The molecule has 2 rings (SSSR count). The molecule has 1 aliphatic heterocycles. The minimum atomic E-state index is 0.974. The summed E-state index contributed by atoms with van der Waals surface area (Å²) < 4.78 is 0. The van der Waals surface area contributed by atoms with E-state index in [1.165, 1.54) is 22.3 Å². The minimum Gasteiger partial charge on any atom is -0.314 e. The van der Waals surface area contributed by atoms with E-state index >= 15 is 0 Å². The maximum atomic E-state index is 3.57. The molecule has 3 heteroatoms. The van der Waals surface area contributed by atoms with Gasteiger partial charge in [-0.1, -0.05) is 17.7 Å². The first-order valence-electron chi connectivity index (χ1n) is 6.87. The van der Waals surface area contributed by atoms with Crippen molar-refractivity contribution in [3.05, 3.63) is 34.4 Å². The zero-order valence-corrected chi connectivity index (χ0v) is 11.8. The van der Waals surface area contributed by atoms with E-state index in [0.717, 1.165) is 39.4 Å². The van der Waals surface area contributed by atoms with Crippen LogP contribution in [0.25, 0.3) is 0 Å². The van der Waals surface area contributed by atoms with Crippen LogP contribution in [0.5, 0.6) is 0 Å². The Hall–Kier alpha value is -0.900. The Kier molecular flexibility index (Phi) is 4.75. The van der Waals surface area contributed by atoms with Gasteiger partial charge in [-0.3, -0.25) is 4.90 Å². The zero-order valence-electron chi connectivity index (χ0n) is 11.8. The van der Waals surface area contributed by atoms with Crippen LogP contribution < -0.4 is 10.6 Å². The minimum absolute atomic E-state index is 0.974. The van der Waals surface area contributed by atoms with Gasteiger partial charge in [-0.25, -0.2) is 0 Å². The standard InChI is InChI=1S/C15H25N3/c1-12-8-13(2)15(14(3)9-12)10-17-11-18-6-4-16-5-7-18/h8-9,16-17H,4-7,10-11H2,1-3H3. The number of hydrogen-bond acceptors (Lipinski definition) is 3. The topological polar surface area (TPSA) is 27.3 Å². The normalized spacial score (nSPS) is 17.1. The van der Waals surface area contributed by atoms with Gasteiger partial charge >= 0.3 is 0 Å². The summed E-state index contributed by atoms with van der Waals surface area (Å²) in [6.07, 6.45) is 0. The first kappa shape index (κ1) is 13.5. The average molecular weight is 247 g/mol. The highest BCUT2D eigenvalue weighted by molar-refractivity contribution is 5.37. The lowest BCUT2D eigenvalue weighted by Gasteiger charge is -2.27. The molecule has 0 spiro atoms. The van der Waals surface area contributed by atoms with Crippen molar-refractivity contribution < 1.29 is 0 Å². The number of benzene rings is 1. The van der Waals surface area contributed by atoms with Crippen molar-refractivity contribution in [2.45, 2.75) is 27.3 Å². The molecule has 18 heavy (non-hydrogen) atoms. The van der Waals surface area contributed by atoms with Crippen molar-refractivity contribution in [3.8, 4) is 0 Å². The number of nitrogens with one attached hydrogen (secondary N) is 2. The Morgan fingerprint density at radius 1 is 1.11 bits per heavy atom. The van der Waals surface area contributed by atoms with Gasteiger partial charge < -0.3 is 10.6 Å². The molecular weight excluding hydrogens is 222 g/mol. The lowest BCUT2D eigenvalue weighted by molar-refractivity contribution is 0.223. The summed E-state index contributed by atoms with van der Waals surface area (Å²) >= 11 is 0. The highest BCUT2D eigenvalue weighted by Gasteiger charge is 2.09. The molecule has 0 atom stereocenters. The van der Waals surface area contributed by atoms with Crippen molar-refractivity contribution in [3.63, 3.8) is 0 Å². The van der Waals surface area contributed by atoms with E-state index in [0.29, 0.717) is 0 Å². The average Bonchev–Trinajstić information content (AvgIpc) is 2.34. The van der Waals surface area contributed by atoms with E-state index in [9.17, 15) is 0 Å². The third-order valence-corrected chi connectivity index (χ3v) is 3.69. The van der Waals surface area contributed by atoms with Crippen LogP contribution in [0.15, 0.2) is 12.1 Å². The monoisotopic (exact) mass is 247 g/mol. The number of rotatable bonds is 4. The van der Waals surface area contributed by atoms with Gasteiger partial charge in [-0.15, -0.1) is 0 Å². The highest BCUT2D eigenvalue weighted by Crippen LogP contribution is 2.15. The van der Waals surface area contributed by atoms with Crippen LogP contribution in [0.2, 0.25) is 0 Å². The van der Waals surface area contributed by atoms with Crippen LogP contribution >= 0.6 is 0 Å². The summed E-state index contributed by atoms with van der Waals surface area (Å²) in [5.74, 6) is 0. The molecule has 2 N–H and O–H groups in total. The molecule has 0 bridgehead atoms. The second-order valence-electron chi connectivity index (χ2n) is 5.33. The van der Waals surface area contributed by atoms with Crippen LogP contribution in [0.1, 0.15) is 22.3 Å². The summed E-state index contributed by atoms with van der Waals surface area (Å²) in [6, 6.07) is 4.55. The van der Waals surface area contributed by atoms with Crippen LogP contribution in [-0.2, 0) is 6.54 Å². The summed E-state index contributed by atoms with van der Waals surface area (Å²) in [4.78, 5) is 2.47. The predicted octanol–water partition coefficient (Wildman–Crippen LogP) is 1.56. The smallest absolute Gasteiger partial charge is 0.0484 e. The van der Waals surface area contributed by atoms with E-state index in [1.54, 1.807) is 0 Å². The second kappa shape index (κ2) is 6.32. The Labute approximate surface area is 111 Å². The molecule has 100 valence electrons. The Balaban J connectivity index is 1.86. The molecule has 0 aliphatic carbocycles. The third-order valence-electron chi connectivity index (χ3n) is 3.69. The molecule has 0 aromatic heterocycles. The molecular formula is C15H25N3. The van der Waals surface area contributed by atoms with E-state index in [4.69, 9.17) is 0 Å². The van der Waals surface area contributed by atoms with Gasteiger partial charge in [-0.2, -0.15) is 0 Å². The maximum absolute atomic E-state index is 3.57. The molecule has 0 amide bonds. The lowest BCUT2D eigenvalue weighted by Crippen LogP contribution is -2.47. The summed E-state index contributed by atoms with van der Waals surface area (Å²) in [7, 11) is 0. The van der Waals surface area contributed by atoms with Gasteiger partial charge in [0.1, 0.15) is 0 Å². The van der Waals surface area contributed by atoms with Gasteiger partial charge in [-0.05, 0) is 37.5 Å². The van der Waals surface area contributed by atoms with E-state index in [1.807, 2.05) is 0 Å². The predicted molar refractivity (Wildman–Crippen MR) is 76.8 cm³/mol. The fraction of sp³-hybridized carbons (Fsp3) is 0.600. The maximum Gasteiger partial charge on any atom is 0.0484 e. The molecule has 1 fully saturated rings. The van der Waals surface area contributed by atoms with Crippen LogP contribution in [0, 0.1) is 20.8 Å². The number of hydrogen-bond donors (Lipinski definition) is 2. The molecule has 0 radical (unpaired) electrons. The van der Waals surface area contributed by atoms with Gasteiger partial charge in [0.15, 0.2) is 0 Å². The molecule has 3 nitrogen and oxygen atoms in total. The first-order chi connectivity index (χ1) is 8.66. The lowest BCUT2D eigenvalue weighted by atomic mass is 10.00. The van der Waals surface area contributed by atoms with E-state index in [2.05, 4.69) is 48.4 Å². The SMILES string of the molecule is Cc1cc(C)c(CNCN2CCNCC2)c(C)c1. The summed E-state index contributed by atoms with van der Waals surface area (Å²) in [5.41, 5.74) is 5.62. The van der Waals surface area contributed by atoms with E-state index in [-0.39, 0.29) is 0 Å². The van der Waals surface area contributed by atoms with Crippen LogP contribution in [0.3, 0.4) is 0 Å². The quantitative estimate of drug-likeness (QED) is 0.845. The number of aryl methyl sites for hydroxylation is 3. The van der Waals surface area contributed by atoms with Gasteiger partial charge in [0.2, 0.25) is 0 Å². The Morgan fingerprint density at radius 2 is 1.72 bits per heavy atom. The molecule has 1 aromatic carbocycles. The second-order valence-corrected chi connectivity index (χ2v) is 5.33. The van der Waals surface area contributed by atoms with Crippen molar-refractivity contribution in [1.29, 1.82) is 0 Å². The van der Waals surface area contributed by atoms with Crippen molar-refractivity contribution in [2.75, 3.05) is 32.8 Å². The van der Waals surface area contributed by atoms with Gasteiger partial charge in [0, 0.05) is 39.4 Å². The highest BCUT2D eigenvalue weighted by atomic mass is 15.2. The Bertz CT molecular complexity index is 372. The zero-order chi connectivity index (χ0) is 13.0. The Morgan fingerprint density at radius 3 is 2.33 bits per heavy atom. The molecule has 1 aliphatic rings. The largest absolute Gasteiger partial charge is 0.314 e.